The Balaban J connectivity index is 3.81. The molecule has 0 aromatic rings. The van der Waals surface area contributed by atoms with Gasteiger partial charge in [-0.2, -0.15) is 0 Å². The van der Waals surface area contributed by atoms with Gasteiger partial charge in [-0.15, -0.1) is 0 Å². The van der Waals surface area contributed by atoms with E-state index in [-0.39, 0.29) is 18.4 Å². The summed E-state index contributed by atoms with van der Waals surface area (Å²) in [5, 5.41) is 11.1. The summed E-state index contributed by atoms with van der Waals surface area (Å²) < 4.78 is 5.29. The number of carbonyl (C=O) groups is 2. The molecule has 0 radical (unpaired) electrons. The van der Waals surface area contributed by atoms with Crippen molar-refractivity contribution in [3.63, 3.8) is 0 Å². The minimum atomic E-state index is -0.924. The van der Waals surface area contributed by atoms with Crippen LogP contribution in [0.5, 0.6) is 0 Å². The van der Waals surface area contributed by atoms with Crippen LogP contribution < -0.4 is 5.32 Å². The first-order valence-electron chi connectivity index (χ1n) is 5.61. The number of ether oxygens (including phenoxy) is 1. The number of hydrogen-bond acceptors (Lipinski definition) is 3. The molecule has 0 fully saturated rings. The van der Waals surface area contributed by atoms with Gasteiger partial charge in [0.05, 0.1) is 6.42 Å². The van der Waals surface area contributed by atoms with Crippen molar-refractivity contribution in [2.24, 2.45) is 0 Å². The minimum absolute atomic E-state index is 0.0760. The highest BCUT2D eigenvalue weighted by Crippen LogP contribution is 1.97. The zero-order valence-corrected chi connectivity index (χ0v) is 10.2. The standard InChI is InChI=1S/C11H21NO4/c1-4-5-6-16-9(3)11(15)12-8(2)7-10(13)14/h8-9H,4-7H2,1-3H3,(H,12,15)(H,13,14). The molecule has 5 nitrogen and oxygen atoms in total. The summed E-state index contributed by atoms with van der Waals surface area (Å²) in [6.45, 7) is 5.92. The smallest absolute Gasteiger partial charge is 0.305 e. The van der Waals surface area contributed by atoms with Gasteiger partial charge in [-0.3, -0.25) is 9.59 Å². The summed E-state index contributed by atoms with van der Waals surface area (Å²) in [7, 11) is 0. The molecule has 5 heteroatoms. The third kappa shape index (κ3) is 7.23. The molecule has 2 N–H and O–H groups in total. The topological polar surface area (TPSA) is 75.6 Å². The van der Waals surface area contributed by atoms with Crippen LogP contribution in [0, 0.1) is 0 Å². The molecule has 0 rings (SSSR count). The Kier molecular flexibility index (Phi) is 7.54. The molecule has 1 amide bonds. The van der Waals surface area contributed by atoms with Crippen molar-refractivity contribution in [2.75, 3.05) is 6.61 Å². The predicted octanol–water partition coefficient (Wildman–Crippen LogP) is 1.17. The lowest BCUT2D eigenvalue weighted by molar-refractivity contribution is -0.138. The van der Waals surface area contributed by atoms with Crippen LogP contribution in [0.3, 0.4) is 0 Å². The zero-order chi connectivity index (χ0) is 12.6. The van der Waals surface area contributed by atoms with Crippen molar-refractivity contribution in [1.82, 2.24) is 5.32 Å². The lowest BCUT2D eigenvalue weighted by atomic mass is 10.2. The van der Waals surface area contributed by atoms with E-state index in [1.165, 1.54) is 0 Å². The maximum Gasteiger partial charge on any atom is 0.305 e. The van der Waals surface area contributed by atoms with E-state index < -0.39 is 12.1 Å². The second-order valence-electron chi connectivity index (χ2n) is 3.87. The van der Waals surface area contributed by atoms with Crippen molar-refractivity contribution in [3.8, 4) is 0 Å². The fourth-order valence-corrected chi connectivity index (χ4v) is 1.15. The van der Waals surface area contributed by atoms with Crippen LogP contribution in [0.15, 0.2) is 0 Å². The number of nitrogens with one attached hydrogen (secondary N) is 1. The molecule has 0 aliphatic rings. The van der Waals surface area contributed by atoms with Crippen molar-refractivity contribution in [1.29, 1.82) is 0 Å². The van der Waals surface area contributed by atoms with Crippen molar-refractivity contribution < 1.29 is 19.4 Å². The first-order chi connectivity index (χ1) is 7.47. The van der Waals surface area contributed by atoms with E-state index >= 15 is 0 Å². The molecule has 0 spiro atoms. The van der Waals surface area contributed by atoms with E-state index in [0.717, 1.165) is 12.8 Å². The number of carboxylic acid groups (broad SMARTS) is 1. The predicted molar refractivity (Wildman–Crippen MR) is 60.2 cm³/mol. The number of aliphatic carboxylic acids is 1. The largest absolute Gasteiger partial charge is 0.481 e. The first kappa shape index (κ1) is 14.9. The third-order valence-electron chi connectivity index (χ3n) is 2.10. The average molecular weight is 231 g/mol. The minimum Gasteiger partial charge on any atom is -0.481 e. The van der Waals surface area contributed by atoms with E-state index in [1.54, 1.807) is 13.8 Å². The summed E-state index contributed by atoms with van der Waals surface area (Å²) in [4.78, 5) is 21.9. The van der Waals surface area contributed by atoms with Gasteiger partial charge in [-0.05, 0) is 20.3 Å². The zero-order valence-electron chi connectivity index (χ0n) is 10.2. The van der Waals surface area contributed by atoms with Gasteiger partial charge < -0.3 is 15.2 Å². The SMILES string of the molecule is CCCCOC(C)C(=O)NC(C)CC(=O)O. The van der Waals surface area contributed by atoms with Crippen LogP contribution in [-0.2, 0) is 14.3 Å². The van der Waals surface area contributed by atoms with Gasteiger partial charge in [0.15, 0.2) is 0 Å². The molecular formula is C11H21NO4. The molecule has 2 unspecified atom stereocenters. The lowest BCUT2D eigenvalue weighted by Gasteiger charge is -2.16. The monoisotopic (exact) mass is 231 g/mol. The Bertz CT molecular complexity index is 230. The molecule has 0 heterocycles. The van der Waals surface area contributed by atoms with Crippen LogP contribution in [0.4, 0.5) is 0 Å². The van der Waals surface area contributed by atoms with Crippen LogP contribution >= 0.6 is 0 Å². The number of rotatable bonds is 8. The van der Waals surface area contributed by atoms with Crippen LogP contribution in [0.1, 0.15) is 40.0 Å². The average Bonchev–Trinajstić information content (AvgIpc) is 2.16. The number of amides is 1. The summed E-state index contributed by atoms with van der Waals surface area (Å²) in [5.74, 6) is -1.18. The number of hydrogen-bond donors (Lipinski definition) is 2. The van der Waals surface area contributed by atoms with Gasteiger partial charge >= 0.3 is 5.97 Å². The maximum atomic E-state index is 11.5. The highest BCUT2D eigenvalue weighted by Gasteiger charge is 2.16. The molecule has 0 aliphatic carbocycles. The Morgan fingerprint density at radius 1 is 1.38 bits per heavy atom. The third-order valence-corrected chi connectivity index (χ3v) is 2.10. The van der Waals surface area contributed by atoms with Crippen molar-refractivity contribution >= 4 is 11.9 Å². The summed E-state index contributed by atoms with van der Waals surface area (Å²) in [6, 6.07) is -0.373. The van der Waals surface area contributed by atoms with Crippen molar-refractivity contribution in [2.45, 2.75) is 52.2 Å². The van der Waals surface area contributed by atoms with Crippen LogP contribution in [0.25, 0.3) is 0 Å². The fourth-order valence-electron chi connectivity index (χ4n) is 1.15. The van der Waals surface area contributed by atoms with Crippen molar-refractivity contribution in [3.05, 3.63) is 0 Å². The second-order valence-corrected chi connectivity index (χ2v) is 3.87. The molecule has 0 saturated carbocycles. The second kappa shape index (κ2) is 8.10. The Morgan fingerprint density at radius 2 is 2.00 bits per heavy atom. The lowest BCUT2D eigenvalue weighted by Crippen LogP contribution is -2.41. The molecule has 0 aromatic heterocycles. The van der Waals surface area contributed by atoms with E-state index in [1.807, 2.05) is 6.92 Å². The summed E-state index contributed by atoms with van der Waals surface area (Å²) in [5.41, 5.74) is 0. The normalized spacial score (nSPS) is 14.2. The van der Waals surface area contributed by atoms with E-state index in [9.17, 15) is 9.59 Å². The van der Waals surface area contributed by atoms with Gasteiger partial charge in [-0.1, -0.05) is 13.3 Å². The van der Waals surface area contributed by atoms with Gasteiger partial charge in [0.1, 0.15) is 6.10 Å². The Morgan fingerprint density at radius 3 is 2.50 bits per heavy atom. The van der Waals surface area contributed by atoms with Gasteiger partial charge in [0.2, 0.25) is 5.91 Å². The maximum absolute atomic E-state index is 11.5. The number of unbranched alkanes of at least 4 members (excludes halogenated alkanes) is 1. The van der Waals surface area contributed by atoms with E-state index in [4.69, 9.17) is 9.84 Å². The Hall–Kier alpha value is -1.10. The van der Waals surface area contributed by atoms with E-state index in [0.29, 0.717) is 6.61 Å². The Labute approximate surface area is 96.2 Å². The molecule has 16 heavy (non-hydrogen) atoms. The fraction of sp³-hybridized carbons (Fsp3) is 0.818. The van der Waals surface area contributed by atoms with Gasteiger partial charge in [-0.25, -0.2) is 0 Å². The summed E-state index contributed by atoms with van der Waals surface area (Å²) >= 11 is 0. The number of carboxylic acids is 1. The molecule has 0 aliphatic heterocycles. The quantitative estimate of drug-likeness (QED) is 0.615. The highest BCUT2D eigenvalue weighted by atomic mass is 16.5. The highest BCUT2D eigenvalue weighted by molar-refractivity contribution is 5.81. The molecule has 0 saturated heterocycles. The van der Waals surface area contributed by atoms with Gasteiger partial charge in [0.25, 0.3) is 0 Å². The van der Waals surface area contributed by atoms with Crippen LogP contribution in [0.2, 0.25) is 0 Å². The van der Waals surface area contributed by atoms with Crippen LogP contribution in [-0.4, -0.2) is 35.7 Å². The first-order valence-corrected chi connectivity index (χ1v) is 5.61. The van der Waals surface area contributed by atoms with Gasteiger partial charge in [0, 0.05) is 12.6 Å². The molecule has 94 valence electrons. The summed E-state index contributed by atoms with van der Waals surface area (Å²) in [6.07, 6.45) is 1.34. The number of carbonyl (C=O) groups excluding carboxylic acids is 1. The molecule has 0 bridgehead atoms. The molecule has 2 atom stereocenters. The molecular weight excluding hydrogens is 210 g/mol. The van der Waals surface area contributed by atoms with E-state index in [2.05, 4.69) is 5.32 Å². The molecule has 0 aromatic carbocycles.